The van der Waals surface area contributed by atoms with E-state index in [4.69, 9.17) is 9.84 Å². The Bertz CT molecular complexity index is 543. The van der Waals surface area contributed by atoms with Gasteiger partial charge in [-0.2, -0.15) is 0 Å². The van der Waals surface area contributed by atoms with Crippen LogP contribution in [0.15, 0.2) is 24.3 Å². The summed E-state index contributed by atoms with van der Waals surface area (Å²) in [4.78, 5) is 12.1. The van der Waals surface area contributed by atoms with Gasteiger partial charge in [-0.1, -0.05) is 12.1 Å². The molecule has 0 fully saturated rings. The van der Waals surface area contributed by atoms with Gasteiger partial charge in [-0.25, -0.2) is 4.79 Å². The molecule has 1 heterocycles. The fourth-order valence-corrected chi connectivity index (χ4v) is 2.69. The van der Waals surface area contributed by atoms with Crippen LogP contribution in [0.2, 0.25) is 0 Å². The first kappa shape index (κ1) is 12.1. The monoisotopic (exact) mass is 250 g/mol. The molecule has 0 unspecified atom stereocenters. The van der Waals surface area contributed by atoms with Gasteiger partial charge in [-0.05, 0) is 31.4 Å². The molecule has 1 N–H and O–H groups in total. The summed E-state index contributed by atoms with van der Waals surface area (Å²) in [6.45, 7) is 4.50. The number of benzene rings is 1. The molecular weight excluding hydrogens is 236 g/mol. The van der Waals surface area contributed by atoms with Gasteiger partial charge in [0.05, 0.1) is 18.3 Å². The van der Waals surface area contributed by atoms with Crippen molar-refractivity contribution in [3.8, 4) is 0 Å². The predicted octanol–water partition coefficient (Wildman–Crippen LogP) is 3.52. The van der Waals surface area contributed by atoms with Crippen molar-refractivity contribution < 1.29 is 14.6 Å². The van der Waals surface area contributed by atoms with Crippen LogP contribution in [0.4, 0.5) is 0 Å². The first-order chi connectivity index (χ1) is 8.08. The summed E-state index contributed by atoms with van der Waals surface area (Å²) in [7, 11) is 0. The van der Waals surface area contributed by atoms with Crippen molar-refractivity contribution >= 4 is 27.4 Å². The van der Waals surface area contributed by atoms with Crippen LogP contribution >= 0.6 is 11.3 Å². The van der Waals surface area contributed by atoms with Gasteiger partial charge in [0.15, 0.2) is 0 Å². The van der Waals surface area contributed by atoms with E-state index in [-0.39, 0.29) is 6.10 Å². The van der Waals surface area contributed by atoms with Crippen molar-refractivity contribution in [1.82, 2.24) is 0 Å². The third kappa shape index (κ3) is 2.65. The van der Waals surface area contributed by atoms with E-state index in [2.05, 4.69) is 0 Å². The van der Waals surface area contributed by atoms with Crippen LogP contribution in [0, 0.1) is 0 Å². The number of aromatic carboxylic acids is 1. The molecule has 0 amide bonds. The van der Waals surface area contributed by atoms with Gasteiger partial charge in [-0.3, -0.25) is 0 Å². The molecule has 0 aliphatic rings. The van der Waals surface area contributed by atoms with Crippen molar-refractivity contribution in [3.05, 3.63) is 34.7 Å². The minimum Gasteiger partial charge on any atom is -0.478 e. The van der Waals surface area contributed by atoms with E-state index in [9.17, 15) is 4.79 Å². The lowest BCUT2D eigenvalue weighted by atomic mass is 10.1. The Morgan fingerprint density at radius 2 is 2.24 bits per heavy atom. The molecule has 0 radical (unpaired) electrons. The Hall–Kier alpha value is -1.39. The standard InChI is InChI=1S/C13H14O3S/c1-8(2)16-7-10-6-9-4-3-5-11(13(14)15)12(9)17-10/h3-6,8H,7H2,1-2H3,(H,14,15). The molecule has 1 aromatic heterocycles. The fourth-order valence-electron chi connectivity index (χ4n) is 1.60. The Labute approximate surface area is 104 Å². The van der Waals surface area contributed by atoms with Crippen LogP contribution in [-0.2, 0) is 11.3 Å². The average Bonchev–Trinajstić information content (AvgIpc) is 2.68. The third-order valence-electron chi connectivity index (χ3n) is 2.38. The van der Waals surface area contributed by atoms with E-state index < -0.39 is 5.97 Å². The van der Waals surface area contributed by atoms with Crippen molar-refractivity contribution in [2.75, 3.05) is 0 Å². The molecule has 0 bridgehead atoms. The number of carboxylic acids is 1. The van der Waals surface area contributed by atoms with Crippen molar-refractivity contribution in [3.63, 3.8) is 0 Å². The molecule has 2 aromatic rings. The number of hydrogen-bond acceptors (Lipinski definition) is 3. The van der Waals surface area contributed by atoms with Gasteiger partial charge in [0.25, 0.3) is 0 Å². The summed E-state index contributed by atoms with van der Waals surface area (Å²) in [5.74, 6) is -0.881. The van der Waals surface area contributed by atoms with Gasteiger partial charge in [0, 0.05) is 9.58 Å². The summed E-state index contributed by atoms with van der Waals surface area (Å²) in [6.07, 6.45) is 0.180. The van der Waals surface area contributed by atoms with E-state index in [1.54, 1.807) is 12.1 Å². The van der Waals surface area contributed by atoms with E-state index in [0.717, 1.165) is 15.0 Å². The molecule has 4 heteroatoms. The predicted molar refractivity (Wildman–Crippen MR) is 68.7 cm³/mol. The molecular formula is C13H14O3S. The second-order valence-corrected chi connectivity index (χ2v) is 5.24. The normalized spacial score (nSPS) is 11.2. The molecule has 90 valence electrons. The van der Waals surface area contributed by atoms with Crippen LogP contribution in [0.25, 0.3) is 10.1 Å². The highest BCUT2D eigenvalue weighted by molar-refractivity contribution is 7.19. The van der Waals surface area contributed by atoms with E-state index in [1.165, 1.54) is 11.3 Å². The van der Waals surface area contributed by atoms with Gasteiger partial charge in [0.2, 0.25) is 0 Å². The SMILES string of the molecule is CC(C)OCc1cc2cccc(C(=O)O)c2s1. The summed E-state index contributed by atoms with van der Waals surface area (Å²) in [6, 6.07) is 7.33. The Balaban J connectivity index is 2.36. The zero-order valence-corrected chi connectivity index (χ0v) is 10.6. The molecule has 0 spiro atoms. The Kier molecular flexibility index (Phi) is 3.45. The summed E-state index contributed by atoms with van der Waals surface area (Å²) in [5, 5.41) is 10.1. The molecule has 3 nitrogen and oxygen atoms in total. The van der Waals surface area contributed by atoms with Crippen molar-refractivity contribution in [2.24, 2.45) is 0 Å². The maximum atomic E-state index is 11.1. The number of thiophene rings is 1. The third-order valence-corrected chi connectivity index (χ3v) is 3.54. The van der Waals surface area contributed by atoms with Crippen LogP contribution in [-0.4, -0.2) is 17.2 Å². The first-order valence-corrected chi connectivity index (χ1v) is 6.26. The smallest absolute Gasteiger partial charge is 0.337 e. The Morgan fingerprint density at radius 3 is 2.88 bits per heavy atom. The highest BCUT2D eigenvalue weighted by Crippen LogP contribution is 2.29. The maximum Gasteiger partial charge on any atom is 0.337 e. The minimum absolute atomic E-state index is 0.180. The largest absolute Gasteiger partial charge is 0.478 e. The molecule has 0 aliphatic carbocycles. The lowest BCUT2D eigenvalue weighted by molar-refractivity contribution is 0.0674. The summed E-state index contributed by atoms with van der Waals surface area (Å²) >= 11 is 1.49. The van der Waals surface area contributed by atoms with E-state index in [1.807, 2.05) is 26.0 Å². The number of ether oxygens (including phenoxy) is 1. The molecule has 0 saturated heterocycles. The Morgan fingerprint density at radius 1 is 1.47 bits per heavy atom. The quantitative estimate of drug-likeness (QED) is 0.903. The second kappa shape index (κ2) is 4.85. The topological polar surface area (TPSA) is 46.5 Å². The van der Waals surface area contributed by atoms with Gasteiger partial charge in [0.1, 0.15) is 0 Å². The lowest BCUT2D eigenvalue weighted by Gasteiger charge is -2.04. The van der Waals surface area contributed by atoms with Gasteiger partial charge >= 0.3 is 5.97 Å². The molecule has 0 saturated carbocycles. The molecule has 1 aromatic carbocycles. The number of carbonyl (C=O) groups is 1. The van der Waals surface area contributed by atoms with Crippen LogP contribution in [0.5, 0.6) is 0 Å². The van der Waals surface area contributed by atoms with Crippen LogP contribution in [0.1, 0.15) is 29.1 Å². The zero-order valence-electron chi connectivity index (χ0n) is 9.77. The fraction of sp³-hybridized carbons (Fsp3) is 0.308. The molecule has 0 aliphatic heterocycles. The number of fused-ring (bicyclic) bond motifs is 1. The van der Waals surface area contributed by atoms with E-state index in [0.29, 0.717) is 12.2 Å². The molecule has 0 atom stereocenters. The molecule has 2 rings (SSSR count). The van der Waals surface area contributed by atoms with Crippen LogP contribution in [0.3, 0.4) is 0 Å². The average molecular weight is 250 g/mol. The van der Waals surface area contributed by atoms with Crippen molar-refractivity contribution in [1.29, 1.82) is 0 Å². The number of hydrogen-bond donors (Lipinski definition) is 1. The second-order valence-electron chi connectivity index (χ2n) is 4.10. The summed E-state index contributed by atoms with van der Waals surface area (Å²) < 4.78 is 6.34. The summed E-state index contributed by atoms with van der Waals surface area (Å²) in [5.41, 5.74) is 0.364. The molecule has 17 heavy (non-hydrogen) atoms. The lowest BCUT2D eigenvalue weighted by Crippen LogP contribution is -2.00. The highest BCUT2D eigenvalue weighted by atomic mass is 32.1. The van der Waals surface area contributed by atoms with E-state index >= 15 is 0 Å². The first-order valence-electron chi connectivity index (χ1n) is 5.44. The maximum absolute atomic E-state index is 11.1. The highest BCUT2D eigenvalue weighted by Gasteiger charge is 2.11. The number of carboxylic acid groups (broad SMARTS) is 1. The van der Waals surface area contributed by atoms with Gasteiger partial charge in [-0.15, -0.1) is 11.3 Å². The van der Waals surface area contributed by atoms with Crippen LogP contribution < -0.4 is 0 Å². The zero-order chi connectivity index (χ0) is 12.4. The van der Waals surface area contributed by atoms with Gasteiger partial charge < -0.3 is 9.84 Å². The van der Waals surface area contributed by atoms with Crippen molar-refractivity contribution in [2.45, 2.75) is 26.6 Å². The number of rotatable bonds is 4. The minimum atomic E-state index is -0.881.